The molecule has 1 heterocycles. The standard InChI is InChI=1S/C18H22N3O3/c22-21(23)18-12-16(14-20-8-10-24-11-9-20)6-7-17(18)19-13-15-4-2-1-3-5-15/h1-7,12,19,22H,8-11,13-14H2/q-1. The van der Waals surface area contributed by atoms with Crippen molar-refractivity contribution in [2.75, 3.05) is 36.8 Å². The van der Waals surface area contributed by atoms with E-state index in [9.17, 15) is 10.4 Å². The Morgan fingerprint density at radius 2 is 1.83 bits per heavy atom. The lowest BCUT2D eigenvalue weighted by Crippen LogP contribution is -2.35. The predicted molar refractivity (Wildman–Crippen MR) is 93.9 cm³/mol. The molecule has 0 unspecified atom stereocenters. The molecule has 0 spiro atoms. The van der Waals surface area contributed by atoms with E-state index in [-0.39, 0.29) is 10.9 Å². The molecule has 2 aromatic carbocycles. The van der Waals surface area contributed by atoms with Crippen LogP contribution in [0.25, 0.3) is 0 Å². The van der Waals surface area contributed by atoms with Gasteiger partial charge >= 0.3 is 0 Å². The number of hydrogen-bond acceptors (Lipinski definition) is 6. The molecule has 6 heteroatoms. The summed E-state index contributed by atoms with van der Waals surface area (Å²) in [4.78, 5) is 2.27. The maximum atomic E-state index is 11.5. The Hall–Kier alpha value is -2.12. The summed E-state index contributed by atoms with van der Waals surface area (Å²) in [6.07, 6.45) is 0. The van der Waals surface area contributed by atoms with Crippen LogP contribution in [0.1, 0.15) is 11.1 Å². The Balaban J connectivity index is 1.69. The fraction of sp³-hybridized carbons (Fsp3) is 0.333. The highest BCUT2D eigenvalue weighted by Gasteiger charge is 2.12. The number of hydrogen-bond donors (Lipinski definition) is 2. The molecule has 3 rings (SSSR count). The average Bonchev–Trinajstić information content (AvgIpc) is 2.62. The minimum absolute atomic E-state index is 0.0733. The third kappa shape index (κ3) is 4.46. The highest BCUT2D eigenvalue weighted by Crippen LogP contribution is 2.27. The topological polar surface area (TPSA) is 71.0 Å². The predicted octanol–water partition coefficient (Wildman–Crippen LogP) is 2.82. The second kappa shape index (κ2) is 8.12. The molecule has 0 aliphatic carbocycles. The van der Waals surface area contributed by atoms with E-state index in [2.05, 4.69) is 10.2 Å². The number of benzene rings is 2. The summed E-state index contributed by atoms with van der Waals surface area (Å²) in [5, 5.41) is 24.1. The molecular formula is C18H22N3O3-. The fourth-order valence-corrected chi connectivity index (χ4v) is 2.79. The van der Waals surface area contributed by atoms with Gasteiger partial charge < -0.3 is 20.5 Å². The van der Waals surface area contributed by atoms with Crippen LogP contribution in [0, 0.1) is 5.21 Å². The van der Waals surface area contributed by atoms with E-state index < -0.39 is 0 Å². The van der Waals surface area contributed by atoms with Crippen molar-refractivity contribution in [3.05, 3.63) is 64.9 Å². The van der Waals surface area contributed by atoms with Crippen LogP contribution < -0.4 is 10.5 Å². The van der Waals surface area contributed by atoms with Crippen LogP contribution in [0.15, 0.2) is 48.5 Å². The van der Waals surface area contributed by atoms with Gasteiger partial charge in [-0.3, -0.25) is 10.1 Å². The van der Waals surface area contributed by atoms with Crippen molar-refractivity contribution in [3.63, 3.8) is 0 Å². The van der Waals surface area contributed by atoms with Crippen LogP contribution in [-0.4, -0.2) is 36.4 Å². The van der Waals surface area contributed by atoms with Gasteiger partial charge in [0.15, 0.2) is 0 Å². The molecule has 1 aliphatic heterocycles. The number of morpholine rings is 1. The molecule has 0 bridgehead atoms. The molecule has 0 atom stereocenters. The van der Waals surface area contributed by atoms with Crippen LogP contribution in [0.2, 0.25) is 0 Å². The molecule has 24 heavy (non-hydrogen) atoms. The van der Waals surface area contributed by atoms with Crippen LogP contribution in [0.3, 0.4) is 0 Å². The fourth-order valence-electron chi connectivity index (χ4n) is 2.79. The highest BCUT2D eigenvalue weighted by atomic mass is 16.8. The third-order valence-corrected chi connectivity index (χ3v) is 4.10. The van der Waals surface area contributed by atoms with Gasteiger partial charge in [0.25, 0.3) is 0 Å². The van der Waals surface area contributed by atoms with Gasteiger partial charge in [-0.15, -0.1) is 0 Å². The SMILES string of the molecule is [O-]N(O)c1cc(CN2CCOCC2)ccc1NCc1ccccc1. The van der Waals surface area contributed by atoms with Crippen LogP contribution in [-0.2, 0) is 17.8 Å². The van der Waals surface area contributed by atoms with Crippen molar-refractivity contribution in [2.24, 2.45) is 0 Å². The molecule has 1 aliphatic rings. The van der Waals surface area contributed by atoms with E-state index in [1.165, 1.54) is 0 Å². The van der Waals surface area contributed by atoms with E-state index in [1.54, 1.807) is 6.07 Å². The lowest BCUT2D eigenvalue weighted by atomic mass is 10.1. The lowest BCUT2D eigenvalue weighted by Gasteiger charge is -2.29. The van der Waals surface area contributed by atoms with Gasteiger partial charge in [-0.05, 0) is 23.3 Å². The minimum Gasteiger partial charge on any atom is -0.733 e. The second-order valence-electron chi connectivity index (χ2n) is 5.85. The largest absolute Gasteiger partial charge is 0.733 e. The zero-order chi connectivity index (χ0) is 16.8. The van der Waals surface area contributed by atoms with Crippen molar-refractivity contribution in [1.29, 1.82) is 0 Å². The van der Waals surface area contributed by atoms with Crippen LogP contribution in [0.5, 0.6) is 0 Å². The third-order valence-electron chi connectivity index (χ3n) is 4.10. The Morgan fingerprint density at radius 1 is 1.08 bits per heavy atom. The lowest BCUT2D eigenvalue weighted by molar-refractivity contribution is 0.0342. The van der Waals surface area contributed by atoms with Crippen molar-refractivity contribution in [3.8, 4) is 0 Å². The Morgan fingerprint density at radius 3 is 2.54 bits per heavy atom. The minimum atomic E-state index is -0.0733. The number of nitrogens with one attached hydrogen (secondary N) is 1. The zero-order valence-corrected chi connectivity index (χ0v) is 13.5. The first kappa shape index (κ1) is 16.7. The molecule has 128 valence electrons. The van der Waals surface area contributed by atoms with Gasteiger partial charge in [-0.1, -0.05) is 36.4 Å². The smallest absolute Gasteiger partial charge is 0.0744 e. The van der Waals surface area contributed by atoms with E-state index in [4.69, 9.17) is 4.74 Å². The summed E-state index contributed by atoms with van der Waals surface area (Å²) < 4.78 is 5.34. The molecule has 0 aromatic heterocycles. The second-order valence-corrected chi connectivity index (χ2v) is 5.85. The van der Waals surface area contributed by atoms with Crippen molar-refractivity contribution in [2.45, 2.75) is 13.1 Å². The van der Waals surface area contributed by atoms with Crippen LogP contribution >= 0.6 is 0 Å². The Bertz CT molecular complexity index is 643. The van der Waals surface area contributed by atoms with Crippen molar-refractivity contribution < 1.29 is 9.94 Å². The first-order chi connectivity index (χ1) is 11.7. The van der Waals surface area contributed by atoms with Crippen LogP contribution in [0.4, 0.5) is 11.4 Å². The van der Waals surface area contributed by atoms with Gasteiger partial charge in [0, 0.05) is 26.2 Å². The molecule has 0 saturated carbocycles. The quantitative estimate of drug-likeness (QED) is 0.795. The molecule has 1 saturated heterocycles. The summed E-state index contributed by atoms with van der Waals surface area (Å²) in [5.41, 5.74) is 2.95. The van der Waals surface area contributed by atoms with Gasteiger partial charge in [0.05, 0.1) is 24.6 Å². The molecule has 2 aromatic rings. The van der Waals surface area contributed by atoms with Gasteiger partial charge in [0.1, 0.15) is 0 Å². The summed E-state index contributed by atoms with van der Waals surface area (Å²) in [7, 11) is 0. The Kier molecular flexibility index (Phi) is 5.66. The molecule has 0 radical (unpaired) electrons. The molecule has 0 amide bonds. The summed E-state index contributed by atoms with van der Waals surface area (Å²) >= 11 is 0. The number of ether oxygens (including phenoxy) is 1. The van der Waals surface area contributed by atoms with E-state index in [0.717, 1.165) is 44.0 Å². The normalized spacial score (nSPS) is 15.2. The van der Waals surface area contributed by atoms with E-state index in [1.807, 2.05) is 42.5 Å². The molecule has 1 fully saturated rings. The summed E-state index contributed by atoms with van der Waals surface area (Å²) in [6.45, 7) is 4.55. The van der Waals surface area contributed by atoms with Crippen molar-refractivity contribution in [1.82, 2.24) is 4.90 Å². The summed E-state index contributed by atoms with van der Waals surface area (Å²) in [5.74, 6) is 0. The maximum Gasteiger partial charge on any atom is 0.0744 e. The van der Waals surface area contributed by atoms with Gasteiger partial charge in [0.2, 0.25) is 0 Å². The first-order valence-corrected chi connectivity index (χ1v) is 8.09. The zero-order valence-electron chi connectivity index (χ0n) is 13.5. The molecule has 2 N–H and O–H groups in total. The number of anilines is 2. The monoisotopic (exact) mass is 328 g/mol. The van der Waals surface area contributed by atoms with Gasteiger partial charge in [-0.2, -0.15) is 0 Å². The summed E-state index contributed by atoms with van der Waals surface area (Å²) in [6, 6.07) is 15.5. The highest BCUT2D eigenvalue weighted by molar-refractivity contribution is 5.70. The van der Waals surface area contributed by atoms with E-state index in [0.29, 0.717) is 12.2 Å². The number of rotatable bonds is 6. The first-order valence-electron chi connectivity index (χ1n) is 8.09. The number of nitrogens with zero attached hydrogens (tertiary/aromatic N) is 2. The molecule has 6 nitrogen and oxygen atoms in total. The average molecular weight is 328 g/mol. The Labute approximate surface area is 141 Å². The van der Waals surface area contributed by atoms with E-state index >= 15 is 0 Å². The molecular weight excluding hydrogens is 306 g/mol. The van der Waals surface area contributed by atoms with Gasteiger partial charge in [-0.25, -0.2) is 0 Å². The van der Waals surface area contributed by atoms with Crippen molar-refractivity contribution >= 4 is 11.4 Å². The maximum absolute atomic E-state index is 11.5.